The number of hydrogen-bond donors (Lipinski definition) is 2. The Morgan fingerprint density at radius 2 is 1.97 bits per heavy atom. The minimum atomic E-state index is -4.83. The van der Waals surface area contributed by atoms with Crippen LogP contribution in [0.25, 0.3) is 11.3 Å². The summed E-state index contributed by atoms with van der Waals surface area (Å²) in [6.07, 6.45) is -3.30. The molecule has 0 bridgehead atoms. The molecule has 3 rings (SSSR count). The standard InChI is InChI=1S/C20H22F3N5O4/c1-11(10-29)25-18(30)15-8-16(13-4-6-14(7-5-13)32-20(21,22)23)26-28(19(15)31)17-9-24-27(3)12(17)2/h4-9,11-12,17,29H,10H2,1-3H3,(H,25,30)/t11-,12?,17?/m0/s1. The lowest BCUT2D eigenvalue weighted by Crippen LogP contribution is -2.42. The summed E-state index contributed by atoms with van der Waals surface area (Å²) in [5.41, 5.74) is -0.318. The third-order valence-corrected chi connectivity index (χ3v) is 4.98. The lowest BCUT2D eigenvalue weighted by Gasteiger charge is -2.22. The number of hydrogen-bond acceptors (Lipinski definition) is 7. The van der Waals surface area contributed by atoms with Crippen LogP contribution in [0.4, 0.5) is 13.2 Å². The molecule has 12 heteroatoms. The first-order chi connectivity index (χ1) is 15.0. The lowest BCUT2D eigenvalue weighted by atomic mass is 10.1. The highest BCUT2D eigenvalue weighted by Crippen LogP contribution is 2.26. The molecule has 3 atom stereocenters. The van der Waals surface area contributed by atoms with E-state index in [1.807, 2.05) is 6.92 Å². The second-order valence-electron chi connectivity index (χ2n) is 7.39. The molecule has 32 heavy (non-hydrogen) atoms. The molecule has 1 aromatic heterocycles. The van der Waals surface area contributed by atoms with Gasteiger partial charge in [0.1, 0.15) is 17.4 Å². The van der Waals surface area contributed by atoms with Crippen molar-refractivity contribution in [2.45, 2.75) is 38.3 Å². The van der Waals surface area contributed by atoms with Crippen LogP contribution in [0.3, 0.4) is 0 Å². The van der Waals surface area contributed by atoms with Crippen molar-refractivity contribution in [1.82, 2.24) is 20.1 Å². The van der Waals surface area contributed by atoms with Crippen LogP contribution in [0.2, 0.25) is 0 Å². The zero-order chi connectivity index (χ0) is 23.6. The van der Waals surface area contributed by atoms with E-state index in [1.54, 1.807) is 19.0 Å². The normalized spacial score (nSPS) is 19.2. The third kappa shape index (κ3) is 5.07. The van der Waals surface area contributed by atoms with Crippen molar-refractivity contribution < 1.29 is 27.8 Å². The largest absolute Gasteiger partial charge is 0.573 e. The van der Waals surface area contributed by atoms with Crippen LogP contribution in [-0.2, 0) is 0 Å². The van der Waals surface area contributed by atoms with Crippen LogP contribution >= 0.6 is 0 Å². The van der Waals surface area contributed by atoms with Gasteiger partial charge in [-0.25, -0.2) is 4.68 Å². The van der Waals surface area contributed by atoms with E-state index in [0.717, 1.165) is 16.8 Å². The number of amides is 1. The van der Waals surface area contributed by atoms with Crippen molar-refractivity contribution in [3.8, 4) is 17.0 Å². The number of aliphatic hydroxyl groups excluding tert-OH is 1. The van der Waals surface area contributed by atoms with Crippen molar-refractivity contribution in [1.29, 1.82) is 0 Å². The summed E-state index contributed by atoms with van der Waals surface area (Å²) in [5.74, 6) is -1.12. The number of ether oxygens (including phenoxy) is 1. The van der Waals surface area contributed by atoms with E-state index in [0.29, 0.717) is 5.56 Å². The first-order valence-corrected chi connectivity index (χ1v) is 9.69. The molecule has 0 aliphatic carbocycles. The Hall–Kier alpha value is -3.41. The minimum absolute atomic E-state index is 0.195. The molecule has 9 nitrogen and oxygen atoms in total. The predicted octanol–water partition coefficient (Wildman–Crippen LogP) is 1.78. The van der Waals surface area contributed by atoms with Gasteiger partial charge in [0.2, 0.25) is 0 Å². The number of nitrogens with zero attached hydrogens (tertiary/aromatic N) is 4. The zero-order valence-electron chi connectivity index (χ0n) is 17.5. The molecule has 1 aliphatic heterocycles. The second-order valence-corrected chi connectivity index (χ2v) is 7.39. The number of likely N-dealkylation sites (N-methyl/N-ethyl adjacent to an activating group) is 1. The molecule has 2 aromatic rings. The van der Waals surface area contributed by atoms with Gasteiger partial charge in [0.25, 0.3) is 11.5 Å². The number of aromatic nitrogens is 2. The number of hydrazone groups is 1. The van der Waals surface area contributed by atoms with Crippen molar-refractivity contribution in [3.05, 3.63) is 46.2 Å². The van der Waals surface area contributed by atoms with Gasteiger partial charge < -0.3 is 15.2 Å². The van der Waals surface area contributed by atoms with Crippen LogP contribution in [0.1, 0.15) is 30.2 Å². The molecule has 0 spiro atoms. The average Bonchev–Trinajstić information content (AvgIpc) is 3.06. The number of rotatable bonds is 6. The molecule has 172 valence electrons. The van der Waals surface area contributed by atoms with Crippen LogP contribution in [-0.4, -0.2) is 64.1 Å². The Balaban J connectivity index is 2.07. The maximum absolute atomic E-state index is 13.1. The summed E-state index contributed by atoms with van der Waals surface area (Å²) in [4.78, 5) is 25.8. The summed E-state index contributed by atoms with van der Waals surface area (Å²) in [5, 5.41) is 21.9. The Morgan fingerprint density at radius 1 is 1.31 bits per heavy atom. The summed E-state index contributed by atoms with van der Waals surface area (Å²) in [7, 11) is 1.73. The zero-order valence-corrected chi connectivity index (χ0v) is 17.5. The maximum Gasteiger partial charge on any atom is 0.573 e. The van der Waals surface area contributed by atoms with E-state index in [-0.39, 0.29) is 23.9 Å². The number of carbonyl (C=O) groups excluding carboxylic acids is 1. The quantitative estimate of drug-likeness (QED) is 0.690. The number of halogens is 3. The van der Waals surface area contributed by atoms with Gasteiger partial charge in [-0.2, -0.15) is 10.2 Å². The summed E-state index contributed by atoms with van der Waals surface area (Å²) in [6.45, 7) is 3.07. The number of benzene rings is 1. The monoisotopic (exact) mass is 453 g/mol. The van der Waals surface area contributed by atoms with Crippen LogP contribution in [0.15, 0.2) is 40.2 Å². The minimum Gasteiger partial charge on any atom is -0.406 e. The third-order valence-electron chi connectivity index (χ3n) is 4.98. The van der Waals surface area contributed by atoms with E-state index in [4.69, 9.17) is 0 Å². The summed E-state index contributed by atoms with van der Waals surface area (Å²) < 4.78 is 42.3. The van der Waals surface area contributed by atoms with Gasteiger partial charge in [0.15, 0.2) is 0 Å². The van der Waals surface area contributed by atoms with Crippen LogP contribution < -0.4 is 15.6 Å². The molecule has 2 N–H and O–H groups in total. The van der Waals surface area contributed by atoms with Gasteiger partial charge in [-0.1, -0.05) is 0 Å². The topological polar surface area (TPSA) is 109 Å². The summed E-state index contributed by atoms with van der Waals surface area (Å²) in [6, 6.07) is 4.78. The number of aliphatic hydroxyl groups is 1. The Morgan fingerprint density at radius 3 is 2.50 bits per heavy atom. The fourth-order valence-electron chi connectivity index (χ4n) is 3.08. The maximum atomic E-state index is 13.1. The highest BCUT2D eigenvalue weighted by molar-refractivity contribution is 5.95. The van der Waals surface area contributed by atoms with Crippen molar-refractivity contribution >= 4 is 12.1 Å². The van der Waals surface area contributed by atoms with Gasteiger partial charge in [-0.15, -0.1) is 13.2 Å². The SMILES string of the molecule is CC1C(n2nc(-c3ccc(OC(F)(F)F)cc3)cc(C(=O)N[C@@H](C)CO)c2=O)C=NN1C. The van der Waals surface area contributed by atoms with Crippen LogP contribution in [0, 0.1) is 0 Å². The Labute approximate surface area is 181 Å². The second kappa shape index (κ2) is 8.99. The first-order valence-electron chi connectivity index (χ1n) is 9.69. The molecule has 2 unspecified atom stereocenters. The average molecular weight is 453 g/mol. The fourth-order valence-corrected chi connectivity index (χ4v) is 3.08. The molecule has 1 aromatic carbocycles. The number of alkyl halides is 3. The lowest BCUT2D eigenvalue weighted by molar-refractivity contribution is -0.274. The Bertz CT molecular complexity index is 1070. The number of nitrogens with one attached hydrogen (secondary N) is 1. The predicted molar refractivity (Wildman–Crippen MR) is 109 cm³/mol. The summed E-state index contributed by atoms with van der Waals surface area (Å²) >= 11 is 0. The molecule has 0 fully saturated rings. The van der Waals surface area contributed by atoms with Gasteiger partial charge in [0, 0.05) is 18.7 Å². The van der Waals surface area contributed by atoms with Gasteiger partial charge in [0.05, 0.1) is 24.6 Å². The molecule has 1 amide bonds. The number of carbonyl (C=O) groups is 1. The van der Waals surface area contributed by atoms with Crippen molar-refractivity contribution in [2.75, 3.05) is 13.7 Å². The smallest absolute Gasteiger partial charge is 0.406 e. The van der Waals surface area contributed by atoms with Gasteiger partial charge >= 0.3 is 6.36 Å². The van der Waals surface area contributed by atoms with Gasteiger partial charge in [-0.05, 0) is 44.2 Å². The van der Waals surface area contributed by atoms with Gasteiger partial charge in [-0.3, -0.25) is 14.6 Å². The molecule has 0 saturated heterocycles. The highest BCUT2D eigenvalue weighted by Gasteiger charge is 2.32. The van der Waals surface area contributed by atoms with Crippen LogP contribution in [0.5, 0.6) is 5.75 Å². The van der Waals surface area contributed by atoms with E-state index in [2.05, 4.69) is 20.3 Å². The van der Waals surface area contributed by atoms with E-state index in [9.17, 15) is 27.9 Å². The Kier molecular flexibility index (Phi) is 6.53. The van der Waals surface area contributed by atoms with E-state index >= 15 is 0 Å². The first kappa shape index (κ1) is 23.3. The van der Waals surface area contributed by atoms with E-state index < -0.39 is 35.7 Å². The molecular weight excluding hydrogens is 431 g/mol. The van der Waals surface area contributed by atoms with Crippen molar-refractivity contribution in [2.24, 2.45) is 5.10 Å². The molecule has 1 aliphatic rings. The molecular formula is C20H22F3N5O4. The highest BCUT2D eigenvalue weighted by atomic mass is 19.4. The van der Waals surface area contributed by atoms with E-state index in [1.165, 1.54) is 24.4 Å². The fraction of sp³-hybridized carbons (Fsp3) is 0.400. The van der Waals surface area contributed by atoms with Crippen molar-refractivity contribution in [3.63, 3.8) is 0 Å². The molecule has 0 saturated carbocycles. The molecule has 0 radical (unpaired) electrons. The molecule has 2 heterocycles.